The molecule has 0 nitrogen and oxygen atoms in total. The number of benzene rings is 3. The Morgan fingerprint density at radius 3 is 2.10 bits per heavy atom. The van der Waals surface area contributed by atoms with Crippen molar-refractivity contribution in [3.8, 4) is 11.8 Å². The van der Waals surface area contributed by atoms with E-state index < -0.39 is 0 Å². The summed E-state index contributed by atoms with van der Waals surface area (Å²) in [6, 6.07) is 22.4. The number of rotatable bonds is 5. The van der Waals surface area contributed by atoms with Crippen LogP contribution in [0.15, 0.2) is 60.7 Å². The van der Waals surface area contributed by atoms with Crippen molar-refractivity contribution in [1.29, 1.82) is 0 Å². The van der Waals surface area contributed by atoms with Crippen LogP contribution in [0, 0.1) is 17.8 Å². The third kappa shape index (κ3) is 5.14. The summed E-state index contributed by atoms with van der Waals surface area (Å²) in [6.45, 7) is 4.54. The Balaban J connectivity index is 1.42. The minimum atomic E-state index is 0.748. The average molecular weight is 395 g/mol. The summed E-state index contributed by atoms with van der Waals surface area (Å²) in [7, 11) is 0. The van der Waals surface area contributed by atoms with Crippen LogP contribution in [0.1, 0.15) is 87.0 Å². The first kappa shape index (κ1) is 20.7. The van der Waals surface area contributed by atoms with Crippen LogP contribution in [0.4, 0.5) is 0 Å². The molecule has 1 aliphatic carbocycles. The molecule has 0 N–H and O–H groups in total. The van der Waals surface area contributed by atoms with E-state index in [1.54, 1.807) is 0 Å². The molecule has 0 heterocycles. The molecule has 1 aliphatic rings. The van der Waals surface area contributed by atoms with E-state index in [1.807, 2.05) is 0 Å². The molecule has 0 atom stereocenters. The highest BCUT2D eigenvalue weighted by Gasteiger charge is 2.21. The molecule has 0 aliphatic heterocycles. The van der Waals surface area contributed by atoms with Crippen LogP contribution in [0.2, 0.25) is 0 Å². The Morgan fingerprint density at radius 1 is 0.700 bits per heavy atom. The van der Waals surface area contributed by atoms with Gasteiger partial charge in [-0.15, -0.1) is 0 Å². The summed E-state index contributed by atoms with van der Waals surface area (Å²) in [5, 5.41) is 2.58. The first-order valence-electron chi connectivity index (χ1n) is 11.9. The molecule has 0 saturated heterocycles. The van der Waals surface area contributed by atoms with Gasteiger partial charge >= 0.3 is 0 Å². The zero-order valence-corrected chi connectivity index (χ0v) is 18.6. The van der Waals surface area contributed by atoms with E-state index in [-0.39, 0.29) is 0 Å². The van der Waals surface area contributed by atoms with Crippen LogP contribution in [0.5, 0.6) is 0 Å². The molecule has 0 bridgehead atoms. The summed E-state index contributed by atoms with van der Waals surface area (Å²) in [5.41, 5.74) is 5.12. The maximum atomic E-state index is 3.36. The highest BCUT2D eigenvalue weighted by molar-refractivity contribution is 5.84. The molecular weight excluding hydrogens is 360 g/mol. The maximum absolute atomic E-state index is 3.36. The van der Waals surface area contributed by atoms with Gasteiger partial charge in [0.1, 0.15) is 0 Å². The molecule has 30 heavy (non-hydrogen) atoms. The highest BCUT2D eigenvalue weighted by atomic mass is 14.3. The monoisotopic (exact) mass is 394 g/mol. The molecule has 1 fully saturated rings. The van der Waals surface area contributed by atoms with Gasteiger partial charge in [0, 0.05) is 11.1 Å². The largest absolute Gasteiger partial charge is 0.0654 e. The lowest BCUT2D eigenvalue weighted by Gasteiger charge is -2.28. The second-order valence-corrected chi connectivity index (χ2v) is 9.02. The van der Waals surface area contributed by atoms with E-state index in [4.69, 9.17) is 0 Å². The van der Waals surface area contributed by atoms with Crippen molar-refractivity contribution < 1.29 is 0 Å². The van der Waals surface area contributed by atoms with Crippen molar-refractivity contribution >= 4 is 10.8 Å². The van der Waals surface area contributed by atoms with Gasteiger partial charge in [-0.3, -0.25) is 0 Å². The van der Waals surface area contributed by atoms with Crippen LogP contribution < -0.4 is 0 Å². The molecular formula is C30H34. The molecule has 154 valence electrons. The first-order valence-corrected chi connectivity index (χ1v) is 11.9. The van der Waals surface area contributed by atoms with E-state index in [9.17, 15) is 0 Å². The Morgan fingerprint density at radius 2 is 1.37 bits per heavy atom. The summed E-state index contributed by atoms with van der Waals surface area (Å²) in [6.07, 6.45) is 10.6. The molecule has 1 saturated carbocycles. The third-order valence-electron chi connectivity index (χ3n) is 6.72. The Kier molecular flexibility index (Phi) is 6.91. The molecule has 0 spiro atoms. The van der Waals surface area contributed by atoms with Crippen molar-refractivity contribution in [3.63, 3.8) is 0 Å². The van der Waals surface area contributed by atoms with E-state index in [2.05, 4.69) is 86.4 Å². The average Bonchev–Trinajstić information content (AvgIpc) is 2.79. The maximum Gasteiger partial charge on any atom is 0.0255 e. The van der Waals surface area contributed by atoms with Crippen molar-refractivity contribution in [2.24, 2.45) is 5.92 Å². The Labute approximate surface area is 182 Å². The predicted octanol–water partition coefficient (Wildman–Crippen LogP) is 8.27. The van der Waals surface area contributed by atoms with Crippen molar-refractivity contribution in [1.82, 2.24) is 0 Å². The normalized spacial score (nSPS) is 18.7. The SMILES string of the molecule is CCCc1ccc2cc(C#Cc3ccc([C@H]4CC[C@H](CCC)CC4)cc3)ccc2c1. The lowest BCUT2D eigenvalue weighted by Crippen LogP contribution is -2.13. The van der Waals surface area contributed by atoms with Gasteiger partial charge in [0.15, 0.2) is 0 Å². The van der Waals surface area contributed by atoms with E-state index in [1.165, 1.54) is 66.8 Å². The Bertz CT molecular complexity index is 1020. The fourth-order valence-electron chi connectivity index (χ4n) is 4.99. The minimum Gasteiger partial charge on any atom is -0.0654 e. The number of hydrogen-bond donors (Lipinski definition) is 0. The third-order valence-corrected chi connectivity index (χ3v) is 6.72. The molecule has 0 unspecified atom stereocenters. The highest BCUT2D eigenvalue weighted by Crippen LogP contribution is 2.37. The molecule has 0 aromatic heterocycles. The molecule has 4 rings (SSSR count). The van der Waals surface area contributed by atoms with Crippen molar-refractivity contribution in [2.45, 2.75) is 71.1 Å². The Hall–Kier alpha value is -2.52. The fourth-order valence-corrected chi connectivity index (χ4v) is 4.99. The van der Waals surface area contributed by atoms with Crippen LogP contribution in [-0.2, 0) is 6.42 Å². The van der Waals surface area contributed by atoms with Gasteiger partial charge in [-0.1, -0.05) is 81.3 Å². The topological polar surface area (TPSA) is 0 Å². The van der Waals surface area contributed by atoms with E-state index >= 15 is 0 Å². The second-order valence-electron chi connectivity index (χ2n) is 9.02. The van der Waals surface area contributed by atoms with Gasteiger partial charge in [-0.2, -0.15) is 0 Å². The molecule has 0 amide bonds. The van der Waals surface area contributed by atoms with Crippen molar-refractivity contribution in [3.05, 3.63) is 82.9 Å². The van der Waals surface area contributed by atoms with Gasteiger partial charge in [0.2, 0.25) is 0 Å². The first-order chi connectivity index (χ1) is 14.7. The summed E-state index contributed by atoms with van der Waals surface area (Å²) in [4.78, 5) is 0. The van der Waals surface area contributed by atoms with E-state index in [0.29, 0.717) is 0 Å². The number of aryl methyl sites for hydroxylation is 1. The second kappa shape index (κ2) is 9.99. The van der Waals surface area contributed by atoms with Crippen LogP contribution in [0.3, 0.4) is 0 Å². The summed E-state index contributed by atoms with van der Waals surface area (Å²) < 4.78 is 0. The number of fused-ring (bicyclic) bond motifs is 1. The zero-order valence-electron chi connectivity index (χ0n) is 18.6. The smallest absolute Gasteiger partial charge is 0.0255 e. The molecule has 3 aromatic rings. The van der Waals surface area contributed by atoms with E-state index in [0.717, 1.165) is 29.4 Å². The zero-order chi connectivity index (χ0) is 20.8. The standard InChI is InChI=1S/C30H34/c1-3-5-23-9-15-27(16-10-23)28-17-11-24(12-18-28)7-8-26-14-20-29-21-25(6-4-2)13-19-30(29)22-26/h11-14,17-23,27H,3-6,9-10,15-16H2,1-2H3/t23-,27-. The van der Waals surface area contributed by atoms with Crippen LogP contribution >= 0.6 is 0 Å². The fraction of sp³-hybridized carbons (Fsp3) is 0.400. The lowest BCUT2D eigenvalue weighted by atomic mass is 9.77. The van der Waals surface area contributed by atoms with Gasteiger partial charge < -0.3 is 0 Å². The van der Waals surface area contributed by atoms with Gasteiger partial charge in [-0.25, -0.2) is 0 Å². The lowest BCUT2D eigenvalue weighted by molar-refractivity contribution is 0.308. The number of hydrogen-bond acceptors (Lipinski definition) is 0. The molecule has 0 radical (unpaired) electrons. The summed E-state index contributed by atoms with van der Waals surface area (Å²) >= 11 is 0. The predicted molar refractivity (Wildman–Crippen MR) is 130 cm³/mol. The van der Waals surface area contributed by atoms with Crippen LogP contribution in [0.25, 0.3) is 10.8 Å². The minimum absolute atomic E-state index is 0.748. The summed E-state index contributed by atoms with van der Waals surface area (Å²) in [5.74, 6) is 8.44. The van der Waals surface area contributed by atoms with Gasteiger partial charge in [-0.05, 0) is 90.1 Å². The van der Waals surface area contributed by atoms with Gasteiger partial charge in [0.25, 0.3) is 0 Å². The molecule has 3 aromatic carbocycles. The van der Waals surface area contributed by atoms with Crippen LogP contribution in [-0.4, -0.2) is 0 Å². The van der Waals surface area contributed by atoms with Crippen molar-refractivity contribution in [2.75, 3.05) is 0 Å². The quantitative estimate of drug-likeness (QED) is 0.382. The molecule has 0 heteroatoms. The van der Waals surface area contributed by atoms with Gasteiger partial charge in [0.05, 0.1) is 0 Å².